The second kappa shape index (κ2) is 7.45. The standard InChI is InChI=1S/C14H16Cl2N4O/c1-3-21-8-13-19-11(17-2)7-12(20-13)18-10-6-4-5-9(15)14(10)16/h4-7H,3,8H2,1-2H3,(H2,17,18,19,20). The molecule has 112 valence electrons. The Kier molecular flexibility index (Phi) is 5.61. The van der Waals surface area contributed by atoms with E-state index >= 15 is 0 Å². The van der Waals surface area contributed by atoms with E-state index in [1.54, 1.807) is 19.2 Å². The molecule has 1 aromatic carbocycles. The van der Waals surface area contributed by atoms with Crippen molar-refractivity contribution in [2.24, 2.45) is 0 Å². The molecule has 21 heavy (non-hydrogen) atoms. The highest BCUT2D eigenvalue weighted by molar-refractivity contribution is 6.43. The van der Waals surface area contributed by atoms with Crippen LogP contribution >= 0.6 is 23.2 Å². The fourth-order valence-corrected chi connectivity index (χ4v) is 2.03. The van der Waals surface area contributed by atoms with Crippen LogP contribution in [0.15, 0.2) is 24.3 Å². The van der Waals surface area contributed by atoms with Gasteiger partial charge in [-0.05, 0) is 19.1 Å². The molecule has 0 aliphatic rings. The topological polar surface area (TPSA) is 59.1 Å². The summed E-state index contributed by atoms with van der Waals surface area (Å²) in [6.45, 7) is 2.88. The fraction of sp³-hybridized carbons (Fsp3) is 0.286. The van der Waals surface area contributed by atoms with Crippen molar-refractivity contribution in [2.75, 3.05) is 24.3 Å². The third-order valence-corrected chi connectivity index (χ3v) is 3.50. The zero-order valence-electron chi connectivity index (χ0n) is 11.8. The molecule has 1 aromatic heterocycles. The Balaban J connectivity index is 2.28. The number of ether oxygens (including phenoxy) is 1. The van der Waals surface area contributed by atoms with Crippen LogP contribution in [0.3, 0.4) is 0 Å². The summed E-state index contributed by atoms with van der Waals surface area (Å²) in [6, 6.07) is 7.16. The molecule has 0 amide bonds. The average Bonchev–Trinajstić information content (AvgIpc) is 2.49. The summed E-state index contributed by atoms with van der Waals surface area (Å²) < 4.78 is 5.34. The smallest absolute Gasteiger partial charge is 0.158 e. The Morgan fingerprint density at radius 2 is 1.95 bits per heavy atom. The van der Waals surface area contributed by atoms with Gasteiger partial charge in [-0.2, -0.15) is 0 Å². The predicted molar refractivity (Wildman–Crippen MR) is 86.7 cm³/mol. The minimum Gasteiger partial charge on any atom is -0.374 e. The van der Waals surface area contributed by atoms with Gasteiger partial charge in [0.05, 0.1) is 15.7 Å². The van der Waals surface area contributed by atoms with Gasteiger partial charge >= 0.3 is 0 Å². The van der Waals surface area contributed by atoms with Crippen LogP contribution in [-0.2, 0) is 11.3 Å². The van der Waals surface area contributed by atoms with E-state index in [1.807, 2.05) is 19.1 Å². The Labute approximate surface area is 133 Å². The molecule has 5 nitrogen and oxygen atoms in total. The van der Waals surface area contributed by atoms with Gasteiger partial charge in [-0.3, -0.25) is 0 Å². The fourth-order valence-electron chi connectivity index (χ4n) is 1.69. The number of benzene rings is 1. The van der Waals surface area contributed by atoms with Gasteiger partial charge in [-0.15, -0.1) is 0 Å². The molecule has 0 spiro atoms. The van der Waals surface area contributed by atoms with Crippen LogP contribution in [-0.4, -0.2) is 23.6 Å². The van der Waals surface area contributed by atoms with Crippen molar-refractivity contribution < 1.29 is 4.74 Å². The van der Waals surface area contributed by atoms with Gasteiger partial charge in [0.25, 0.3) is 0 Å². The van der Waals surface area contributed by atoms with Gasteiger partial charge in [0.15, 0.2) is 5.82 Å². The maximum absolute atomic E-state index is 6.16. The van der Waals surface area contributed by atoms with Crippen molar-refractivity contribution in [1.82, 2.24) is 9.97 Å². The summed E-state index contributed by atoms with van der Waals surface area (Å²) in [5.41, 5.74) is 0.687. The normalized spacial score (nSPS) is 10.5. The monoisotopic (exact) mass is 326 g/mol. The molecule has 0 unspecified atom stereocenters. The highest BCUT2D eigenvalue weighted by atomic mass is 35.5. The molecule has 0 saturated heterocycles. The van der Waals surface area contributed by atoms with E-state index in [2.05, 4.69) is 20.6 Å². The van der Waals surface area contributed by atoms with Crippen LogP contribution in [0.25, 0.3) is 0 Å². The Morgan fingerprint density at radius 3 is 2.67 bits per heavy atom. The lowest BCUT2D eigenvalue weighted by Crippen LogP contribution is -2.05. The number of aromatic nitrogens is 2. The van der Waals surface area contributed by atoms with Gasteiger partial charge in [0, 0.05) is 19.7 Å². The van der Waals surface area contributed by atoms with Crippen molar-refractivity contribution in [3.05, 3.63) is 40.1 Å². The zero-order valence-corrected chi connectivity index (χ0v) is 13.3. The number of anilines is 3. The molecule has 1 heterocycles. The molecule has 2 N–H and O–H groups in total. The lowest BCUT2D eigenvalue weighted by molar-refractivity contribution is 0.128. The summed E-state index contributed by atoms with van der Waals surface area (Å²) in [5, 5.41) is 7.07. The van der Waals surface area contributed by atoms with E-state index in [0.29, 0.717) is 46.4 Å². The van der Waals surface area contributed by atoms with E-state index in [-0.39, 0.29) is 0 Å². The summed E-state index contributed by atoms with van der Waals surface area (Å²) in [5.74, 6) is 1.90. The SMILES string of the molecule is CCOCc1nc(NC)cc(Nc2cccc(Cl)c2Cl)n1. The highest BCUT2D eigenvalue weighted by Crippen LogP contribution is 2.31. The number of nitrogens with one attached hydrogen (secondary N) is 2. The summed E-state index contributed by atoms with van der Waals surface area (Å²) >= 11 is 12.2. The van der Waals surface area contributed by atoms with Crippen LogP contribution in [0.1, 0.15) is 12.7 Å². The lowest BCUT2D eigenvalue weighted by Gasteiger charge is -2.11. The number of hydrogen-bond donors (Lipinski definition) is 2. The molecule has 0 atom stereocenters. The molecule has 0 aliphatic heterocycles. The molecular formula is C14H16Cl2N4O. The largest absolute Gasteiger partial charge is 0.374 e. The van der Waals surface area contributed by atoms with E-state index in [0.717, 1.165) is 0 Å². The molecule has 2 aromatic rings. The minimum absolute atomic E-state index is 0.351. The van der Waals surface area contributed by atoms with Crippen LogP contribution in [0.5, 0.6) is 0 Å². The van der Waals surface area contributed by atoms with E-state index < -0.39 is 0 Å². The molecule has 7 heteroatoms. The van der Waals surface area contributed by atoms with Crippen molar-refractivity contribution in [2.45, 2.75) is 13.5 Å². The Morgan fingerprint density at radius 1 is 1.19 bits per heavy atom. The molecule has 0 radical (unpaired) electrons. The summed E-state index contributed by atoms with van der Waals surface area (Å²) in [4.78, 5) is 8.72. The predicted octanol–water partition coefficient (Wildman–Crippen LogP) is 4.11. The maximum atomic E-state index is 6.16. The van der Waals surface area contributed by atoms with Crippen molar-refractivity contribution >= 4 is 40.5 Å². The van der Waals surface area contributed by atoms with Gasteiger partial charge in [-0.25, -0.2) is 9.97 Å². The third kappa shape index (κ3) is 4.20. The quantitative estimate of drug-likeness (QED) is 0.836. The Hall–Kier alpha value is -1.56. The average molecular weight is 327 g/mol. The number of hydrogen-bond acceptors (Lipinski definition) is 5. The van der Waals surface area contributed by atoms with E-state index in [9.17, 15) is 0 Å². The summed E-state index contributed by atoms with van der Waals surface area (Å²) in [6.07, 6.45) is 0. The van der Waals surface area contributed by atoms with Crippen LogP contribution in [0.2, 0.25) is 10.0 Å². The van der Waals surface area contributed by atoms with E-state index in [4.69, 9.17) is 27.9 Å². The minimum atomic E-state index is 0.351. The first-order chi connectivity index (χ1) is 10.1. The third-order valence-electron chi connectivity index (χ3n) is 2.68. The number of rotatable bonds is 6. The summed E-state index contributed by atoms with van der Waals surface area (Å²) in [7, 11) is 1.79. The first-order valence-corrected chi connectivity index (χ1v) is 7.24. The molecule has 0 saturated carbocycles. The Bertz CT molecular complexity index is 622. The van der Waals surface area contributed by atoms with Gasteiger partial charge in [0.2, 0.25) is 0 Å². The number of nitrogens with zero attached hydrogens (tertiary/aromatic N) is 2. The van der Waals surface area contributed by atoms with E-state index in [1.165, 1.54) is 0 Å². The van der Waals surface area contributed by atoms with Crippen molar-refractivity contribution in [1.29, 1.82) is 0 Å². The van der Waals surface area contributed by atoms with Crippen LogP contribution < -0.4 is 10.6 Å². The van der Waals surface area contributed by atoms with Crippen molar-refractivity contribution in [3.8, 4) is 0 Å². The van der Waals surface area contributed by atoms with Gasteiger partial charge in [0.1, 0.15) is 18.2 Å². The first kappa shape index (κ1) is 15.8. The molecule has 0 aliphatic carbocycles. The second-order valence-electron chi connectivity index (χ2n) is 4.17. The van der Waals surface area contributed by atoms with Gasteiger partial charge in [-0.1, -0.05) is 29.3 Å². The number of halogens is 2. The molecule has 0 fully saturated rings. The molecule has 2 rings (SSSR count). The van der Waals surface area contributed by atoms with Crippen LogP contribution in [0, 0.1) is 0 Å². The second-order valence-corrected chi connectivity index (χ2v) is 4.95. The van der Waals surface area contributed by atoms with Crippen molar-refractivity contribution in [3.63, 3.8) is 0 Å². The van der Waals surface area contributed by atoms with Gasteiger partial charge < -0.3 is 15.4 Å². The molecular weight excluding hydrogens is 311 g/mol. The first-order valence-electron chi connectivity index (χ1n) is 6.48. The maximum Gasteiger partial charge on any atom is 0.158 e. The highest BCUT2D eigenvalue weighted by Gasteiger charge is 2.08. The lowest BCUT2D eigenvalue weighted by atomic mass is 10.3. The molecule has 0 bridgehead atoms. The van der Waals surface area contributed by atoms with Crippen LogP contribution in [0.4, 0.5) is 17.3 Å². The zero-order chi connectivity index (χ0) is 15.2.